The van der Waals surface area contributed by atoms with Crippen molar-refractivity contribution in [3.05, 3.63) is 238 Å². The number of anilines is 3. The van der Waals surface area contributed by atoms with E-state index in [1.54, 1.807) is 0 Å². The maximum absolute atomic E-state index is 4.58. The van der Waals surface area contributed by atoms with E-state index in [2.05, 4.69) is 257 Å². The van der Waals surface area contributed by atoms with Gasteiger partial charge in [-0.2, -0.15) is 0 Å². The Kier molecular flexibility index (Phi) is 10.1. The maximum atomic E-state index is 4.58. The summed E-state index contributed by atoms with van der Waals surface area (Å²) in [5.74, 6) is 0. The van der Waals surface area contributed by atoms with Crippen molar-refractivity contribution in [3.8, 4) is 44.5 Å². The van der Waals surface area contributed by atoms with Crippen molar-refractivity contribution in [1.82, 2.24) is 0 Å². The van der Waals surface area contributed by atoms with Crippen molar-refractivity contribution >= 4 is 44.2 Å². The molecule has 0 aromatic heterocycles. The molecule has 0 N–H and O–H groups in total. The lowest BCUT2D eigenvalue weighted by Gasteiger charge is -2.32. The maximum Gasteiger partial charge on any atom is 0.0465 e. The van der Waals surface area contributed by atoms with Crippen molar-refractivity contribution in [2.75, 3.05) is 4.90 Å². The SMILES string of the molecule is C=C1/C=C\C=C/CC(C)(C)c2cc(N(c3ccc4c(c3)C(C)(C)c3cc(-c5cc(C)ccc5C)c5ccccc5c3-4)c3ccc4c(c3)C(C)(C)c3cc(-c5cc(C)ccc5C)c5ccccc5c3-4)ccc21. The van der Waals surface area contributed by atoms with Crippen molar-refractivity contribution in [2.45, 2.75) is 91.9 Å². The molecule has 0 saturated carbocycles. The number of nitrogens with zero attached hydrogens (tertiary/aromatic N) is 1. The lowest BCUT2D eigenvalue weighted by Crippen LogP contribution is -2.20. The number of hydrogen-bond acceptors (Lipinski definition) is 1. The molecular formula is C70H63N. The minimum atomic E-state index is -0.262. The minimum absolute atomic E-state index is 0.131. The first-order valence-corrected chi connectivity index (χ1v) is 25.6. The van der Waals surface area contributed by atoms with E-state index >= 15 is 0 Å². The van der Waals surface area contributed by atoms with Gasteiger partial charge in [-0.15, -0.1) is 0 Å². The second-order valence-corrected chi connectivity index (χ2v) is 22.6. The lowest BCUT2D eigenvalue weighted by molar-refractivity contribution is 0.533. The Labute approximate surface area is 421 Å². The molecule has 0 atom stereocenters. The fourth-order valence-corrected chi connectivity index (χ4v) is 12.7. The van der Waals surface area contributed by atoms with Gasteiger partial charge in [0.1, 0.15) is 0 Å². The van der Waals surface area contributed by atoms with Crippen LogP contribution in [0, 0.1) is 27.7 Å². The number of benzene rings is 9. The van der Waals surface area contributed by atoms with Crippen LogP contribution >= 0.6 is 0 Å². The Morgan fingerprint density at radius 2 is 0.831 bits per heavy atom. The zero-order chi connectivity index (χ0) is 49.3. The smallest absolute Gasteiger partial charge is 0.0465 e. The third kappa shape index (κ3) is 6.87. The summed E-state index contributed by atoms with van der Waals surface area (Å²) >= 11 is 0. The molecule has 0 saturated heterocycles. The van der Waals surface area contributed by atoms with E-state index in [1.165, 1.54) is 122 Å². The zero-order valence-electron chi connectivity index (χ0n) is 43.1. The number of fused-ring (bicyclic) bond motifs is 11. The van der Waals surface area contributed by atoms with Crippen LogP contribution in [0.1, 0.15) is 104 Å². The van der Waals surface area contributed by atoms with E-state index in [0.717, 1.165) is 29.1 Å². The lowest BCUT2D eigenvalue weighted by atomic mass is 9.77. The van der Waals surface area contributed by atoms with Crippen LogP contribution in [0.15, 0.2) is 183 Å². The number of aryl methyl sites for hydroxylation is 4. The first-order chi connectivity index (χ1) is 34.0. The van der Waals surface area contributed by atoms with Crippen LogP contribution in [0.4, 0.5) is 17.1 Å². The average Bonchev–Trinajstić information content (AvgIpc) is 3.75. The van der Waals surface area contributed by atoms with Gasteiger partial charge in [0.05, 0.1) is 0 Å². The zero-order valence-corrected chi connectivity index (χ0v) is 43.1. The predicted molar refractivity (Wildman–Crippen MR) is 306 cm³/mol. The van der Waals surface area contributed by atoms with E-state index in [0.29, 0.717) is 0 Å². The Balaban J connectivity index is 1.07. The molecule has 0 radical (unpaired) electrons. The highest BCUT2D eigenvalue weighted by atomic mass is 15.1. The third-order valence-corrected chi connectivity index (χ3v) is 16.7. The van der Waals surface area contributed by atoms with Crippen LogP contribution in [0.5, 0.6) is 0 Å². The highest BCUT2D eigenvalue weighted by Crippen LogP contribution is 2.57. The van der Waals surface area contributed by atoms with E-state index in [1.807, 2.05) is 0 Å². The fourth-order valence-electron chi connectivity index (χ4n) is 12.7. The van der Waals surface area contributed by atoms with Crippen molar-refractivity contribution in [2.24, 2.45) is 0 Å². The van der Waals surface area contributed by atoms with Crippen molar-refractivity contribution in [1.29, 1.82) is 0 Å². The van der Waals surface area contributed by atoms with Gasteiger partial charge in [0, 0.05) is 27.9 Å². The second-order valence-electron chi connectivity index (χ2n) is 22.6. The highest BCUT2D eigenvalue weighted by Gasteiger charge is 2.40. The second kappa shape index (κ2) is 16.0. The predicted octanol–water partition coefficient (Wildman–Crippen LogP) is 19.4. The van der Waals surface area contributed by atoms with Gasteiger partial charge in [-0.25, -0.2) is 0 Å². The fraction of sp³-hybridized carbons (Fsp3) is 0.200. The summed E-state index contributed by atoms with van der Waals surface area (Å²) < 4.78 is 0. The van der Waals surface area contributed by atoms with Gasteiger partial charge < -0.3 is 4.90 Å². The number of hydrogen-bond donors (Lipinski definition) is 0. The minimum Gasteiger partial charge on any atom is -0.310 e. The molecule has 348 valence electrons. The van der Waals surface area contributed by atoms with Crippen LogP contribution in [-0.4, -0.2) is 0 Å². The third-order valence-electron chi connectivity index (χ3n) is 16.7. The van der Waals surface area contributed by atoms with Gasteiger partial charge >= 0.3 is 0 Å². The summed E-state index contributed by atoms with van der Waals surface area (Å²) in [6.45, 7) is 28.0. The summed E-state index contributed by atoms with van der Waals surface area (Å²) in [7, 11) is 0. The summed E-state index contributed by atoms with van der Waals surface area (Å²) in [5, 5.41) is 5.23. The quantitative estimate of drug-likeness (QED) is 0.166. The molecule has 71 heavy (non-hydrogen) atoms. The largest absolute Gasteiger partial charge is 0.310 e. The van der Waals surface area contributed by atoms with Crippen LogP contribution in [0.25, 0.3) is 71.6 Å². The molecule has 0 aliphatic heterocycles. The molecule has 0 heterocycles. The first kappa shape index (κ1) is 44.7. The van der Waals surface area contributed by atoms with Crippen molar-refractivity contribution in [3.63, 3.8) is 0 Å². The normalized spacial score (nSPS) is 16.6. The molecule has 3 aliphatic carbocycles. The summed E-state index contributed by atoms with van der Waals surface area (Å²) in [4.78, 5) is 2.54. The first-order valence-electron chi connectivity index (χ1n) is 25.6. The Morgan fingerprint density at radius 1 is 0.394 bits per heavy atom. The van der Waals surface area contributed by atoms with E-state index < -0.39 is 0 Å². The van der Waals surface area contributed by atoms with E-state index in [-0.39, 0.29) is 16.2 Å². The summed E-state index contributed by atoms with van der Waals surface area (Å²) in [6, 6.07) is 58.6. The Hall–Kier alpha value is -7.48. The molecule has 1 heteroatoms. The van der Waals surface area contributed by atoms with E-state index in [9.17, 15) is 0 Å². The van der Waals surface area contributed by atoms with Gasteiger partial charge in [0.25, 0.3) is 0 Å². The molecule has 0 spiro atoms. The summed E-state index contributed by atoms with van der Waals surface area (Å²) in [6.07, 6.45) is 9.68. The van der Waals surface area contributed by atoms with Crippen LogP contribution in [-0.2, 0) is 16.2 Å². The van der Waals surface area contributed by atoms with Gasteiger partial charge in [0.15, 0.2) is 0 Å². The highest BCUT2D eigenvalue weighted by molar-refractivity contribution is 6.11. The molecule has 9 aromatic carbocycles. The van der Waals surface area contributed by atoms with Gasteiger partial charge in [0.2, 0.25) is 0 Å². The van der Waals surface area contributed by atoms with Crippen LogP contribution < -0.4 is 4.90 Å². The molecule has 3 aliphatic rings. The van der Waals surface area contributed by atoms with Crippen LogP contribution in [0.2, 0.25) is 0 Å². The Morgan fingerprint density at radius 3 is 1.31 bits per heavy atom. The molecule has 12 rings (SSSR count). The Bertz CT molecular complexity index is 3620. The van der Waals surface area contributed by atoms with Gasteiger partial charge in [-0.1, -0.05) is 187 Å². The number of rotatable bonds is 5. The molecule has 0 amide bonds. The monoisotopic (exact) mass is 917 g/mol. The van der Waals surface area contributed by atoms with E-state index in [4.69, 9.17) is 0 Å². The molecule has 0 unspecified atom stereocenters. The number of allylic oxidation sites excluding steroid dienone is 5. The molecular weight excluding hydrogens is 855 g/mol. The van der Waals surface area contributed by atoms with Gasteiger partial charge in [-0.3, -0.25) is 0 Å². The van der Waals surface area contributed by atoms with Crippen molar-refractivity contribution < 1.29 is 0 Å². The summed E-state index contributed by atoms with van der Waals surface area (Å²) in [5.41, 5.74) is 27.6. The molecule has 0 bridgehead atoms. The van der Waals surface area contributed by atoms with Crippen LogP contribution in [0.3, 0.4) is 0 Å². The molecule has 9 aromatic rings. The topological polar surface area (TPSA) is 3.24 Å². The molecule has 1 nitrogen and oxygen atoms in total. The molecule has 0 fully saturated rings. The van der Waals surface area contributed by atoms with Gasteiger partial charge in [-0.05, 0) is 204 Å². The standard InChI is InChI=1S/C70H63N/c1-42-24-26-45(4)57(35-42)59-40-64-66(53-22-16-14-20-51(53)59)55-32-29-48(38-62(55)69(64,8)9)71(47-28-31-50-44(3)19-13-12-18-34-68(6,7)61(50)37-47)49-30-33-56-63(39-49)70(10,11)65-41-60(58-36-43(2)25-27-46(58)5)52-21-15-17-23-54(52)67(56)65/h12-33,35-41H,3,34H2,1-2,4-11H3/b18-12-,19-13-. The average molecular weight is 918 g/mol.